The molecule has 0 heterocycles. The van der Waals surface area contributed by atoms with E-state index in [-0.39, 0.29) is 5.57 Å². The Balaban J connectivity index is 2.01. The van der Waals surface area contributed by atoms with Gasteiger partial charge in [-0.3, -0.25) is 4.79 Å². The highest BCUT2D eigenvalue weighted by atomic mass is 79.9. The van der Waals surface area contributed by atoms with E-state index in [2.05, 4.69) is 26.6 Å². The number of hydrogen-bond donors (Lipinski definition) is 2. The summed E-state index contributed by atoms with van der Waals surface area (Å²) in [6, 6.07) is 13.9. The molecular formula is C19H15BrF3N3O. The van der Waals surface area contributed by atoms with Crippen LogP contribution in [-0.2, 0) is 17.4 Å². The van der Waals surface area contributed by atoms with Gasteiger partial charge in [0, 0.05) is 17.2 Å². The van der Waals surface area contributed by atoms with Crippen LogP contribution in [0.5, 0.6) is 0 Å². The first kappa shape index (κ1) is 20.5. The molecule has 140 valence electrons. The maximum Gasteiger partial charge on any atom is 0.418 e. The maximum absolute atomic E-state index is 13.0. The Morgan fingerprint density at radius 1 is 1.15 bits per heavy atom. The summed E-state index contributed by atoms with van der Waals surface area (Å²) in [5.41, 5.74) is -0.651. The van der Waals surface area contributed by atoms with E-state index >= 15 is 0 Å². The van der Waals surface area contributed by atoms with Gasteiger partial charge in [-0.25, -0.2) is 0 Å². The van der Waals surface area contributed by atoms with Gasteiger partial charge in [-0.1, -0.05) is 46.3 Å². The van der Waals surface area contributed by atoms with Gasteiger partial charge in [0.1, 0.15) is 11.6 Å². The van der Waals surface area contributed by atoms with E-state index < -0.39 is 23.3 Å². The number of benzene rings is 2. The second kappa shape index (κ2) is 9.24. The Morgan fingerprint density at radius 2 is 1.81 bits per heavy atom. The predicted octanol–water partition coefficient (Wildman–Crippen LogP) is 4.65. The van der Waals surface area contributed by atoms with Crippen molar-refractivity contribution < 1.29 is 18.0 Å². The minimum Gasteiger partial charge on any atom is -0.389 e. The van der Waals surface area contributed by atoms with Gasteiger partial charge in [0.05, 0.1) is 11.3 Å². The summed E-state index contributed by atoms with van der Waals surface area (Å²) < 4.78 is 39.9. The van der Waals surface area contributed by atoms with Crippen LogP contribution in [0.3, 0.4) is 0 Å². The van der Waals surface area contributed by atoms with Crippen molar-refractivity contribution in [2.45, 2.75) is 12.6 Å². The van der Waals surface area contributed by atoms with Crippen molar-refractivity contribution in [2.75, 3.05) is 11.9 Å². The number of amides is 1. The average molecular weight is 438 g/mol. The highest BCUT2D eigenvalue weighted by molar-refractivity contribution is 9.10. The van der Waals surface area contributed by atoms with Gasteiger partial charge >= 0.3 is 6.18 Å². The van der Waals surface area contributed by atoms with Gasteiger partial charge in [-0.05, 0) is 30.2 Å². The van der Waals surface area contributed by atoms with Crippen LogP contribution in [0.25, 0.3) is 0 Å². The van der Waals surface area contributed by atoms with E-state index in [1.165, 1.54) is 18.3 Å². The second-order valence-electron chi connectivity index (χ2n) is 5.46. The number of anilines is 1. The lowest BCUT2D eigenvalue weighted by Gasteiger charge is -2.13. The van der Waals surface area contributed by atoms with E-state index in [9.17, 15) is 18.0 Å². The standard InChI is InChI=1S/C19H15BrF3N3O/c20-16-7-3-1-5-13(16)9-10-25-12-14(11-24)18(27)26-17-8-4-2-6-15(17)19(21,22)23/h1-8,12,25H,9-10H2,(H,26,27)/b14-12-. The van der Waals surface area contributed by atoms with Crippen LogP contribution >= 0.6 is 15.9 Å². The Bertz CT molecular complexity index is 888. The Morgan fingerprint density at radius 3 is 2.48 bits per heavy atom. The molecule has 0 aromatic heterocycles. The molecule has 0 bridgehead atoms. The normalized spacial score (nSPS) is 11.6. The Kier molecular flexibility index (Phi) is 7.02. The molecule has 1 amide bonds. The monoisotopic (exact) mass is 437 g/mol. The number of carbonyl (C=O) groups excluding carboxylic acids is 1. The molecule has 0 saturated heterocycles. The first-order valence-electron chi connectivity index (χ1n) is 7.87. The SMILES string of the molecule is N#C/C(=C/NCCc1ccccc1Br)C(=O)Nc1ccccc1C(F)(F)F. The molecule has 2 rings (SSSR count). The molecule has 0 radical (unpaired) electrons. The molecule has 2 aromatic rings. The van der Waals surface area contributed by atoms with E-state index in [1.54, 1.807) is 6.07 Å². The number of hydrogen-bond acceptors (Lipinski definition) is 3. The molecule has 0 fully saturated rings. The quantitative estimate of drug-likeness (QED) is 0.392. The second-order valence-corrected chi connectivity index (χ2v) is 6.32. The maximum atomic E-state index is 13.0. The topological polar surface area (TPSA) is 64.9 Å². The van der Waals surface area contributed by atoms with Gasteiger partial charge in [0.2, 0.25) is 0 Å². The third-order valence-electron chi connectivity index (χ3n) is 3.59. The fourth-order valence-corrected chi connectivity index (χ4v) is 2.74. The molecular weight excluding hydrogens is 423 g/mol. The van der Waals surface area contributed by atoms with Crippen molar-refractivity contribution in [1.82, 2.24) is 5.32 Å². The third-order valence-corrected chi connectivity index (χ3v) is 4.36. The predicted molar refractivity (Wildman–Crippen MR) is 99.6 cm³/mol. The van der Waals surface area contributed by atoms with E-state index in [0.29, 0.717) is 13.0 Å². The van der Waals surface area contributed by atoms with Crippen LogP contribution in [0.15, 0.2) is 64.8 Å². The zero-order valence-corrected chi connectivity index (χ0v) is 15.6. The minimum absolute atomic E-state index is 0.320. The number of nitrogens with one attached hydrogen (secondary N) is 2. The van der Waals surface area contributed by atoms with Gasteiger partial charge in [-0.2, -0.15) is 18.4 Å². The zero-order valence-electron chi connectivity index (χ0n) is 14.0. The van der Waals surface area contributed by atoms with Crippen molar-refractivity contribution in [2.24, 2.45) is 0 Å². The van der Waals surface area contributed by atoms with Crippen molar-refractivity contribution in [3.63, 3.8) is 0 Å². The van der Waals surface area contributed by atoms with Crippen LogP contribution in [-0.4, -0.2) is 12.5 Å². The fraction of sp³-hybridized carbons (Fsp3) is 0.158. The Hall–Kier alpha value is -2.79. The summed E-state index contributed by atoms with van der Waals surface area (Å²) in [6.07, 6.45) is -2.78. The zero-order chi connectivity index (χ0) is 19.9. The molecule has 0 aliphatic rings. The van der Waals surface area contributed by atoms with Crippen LogP contribution in [0.1, 0.15) is 11.1 Å². The summed E-state index contributed by atoms with van der Waals surface area (Å²) >= 11 is 3.42. The lowest BCUT2D eigenvalue weighted by Crippen LogP contribution is -2.20. The molecule has 8 heteroatoms. The number of alkyl halides is 3. The number of para-hydroxylation sites is 1. The number of carbonyl (C=O) groups is 1. The number of halogens is 4. The van der Waals surface area contributed by atoms with E-state index in [4.69, 9.17) is 5.26 Å². The summed E-state index contributed by atoms with van der Waals surface area (Å²) in [4.78, 5) is 12.1. The molecule has 0 aliphatic carbocycles. The summed E-state index contributed by atoms with van der Waals surface area (Å²) in [5.74, 6) is -0.914. The lowest BCUT2D eigenvalue weighted by atomic mass is 10.1. The van der Waals surface area contributed by atoms with E-state index in [0.717, 1.165) is 22.2 Å². The molecule has 0 aliphatic heterocycles. The number of nitriles is 1. The first-order valence-corrected chi connectivity index (χ1v) is 8.67. The molecule has 0 spiro atoms. The fourth-order valence-electron chi connectivity index (χ4n) is 2.26. The molecule has 0 saturated carbocycles. The lowest BCUT2D eigenvalue weighted by molar-refractivity contribution is -0.137. The molecule has 27 heavy (non-hydrogen) atoms. The molecule has 0 unspecified atom stereocenters. The summed E-state index contributed by atoms with van der Waals surface area (Å²) in [7, 11) is 0. The molecule has 0 atom stereocenters. The summed E-state index contributed by atoms with van der Waals surface area (Å²) in [5, 5.41) is 14.1. The van der Waals surface area contributed by atoms with Crippen LogP contribution in [0.4, 0.5) is 18.9 Å². The van der Waals surface area contributed by atoms with Crippen molar-refractivity contribution in [1.29, 1.82) is 5.26 Å². The highest BCUT2D eigenvalue weighted by Crippen LogP contribution is 2.34. The first-order chi connectivity index (χ1) is 12.8. The van der Waals surface area contributed by atoms with Crippen molar-refractivity contribution >= 4 is 27.5 Å². The van der Waals surface area contributed by atoms with Crippen LogP contribution in [0.2, 0.25) is 0 Å². The average Bonchev–Trinajstić information content (AvgIpc) is 2.62. The van der Waals surface area contributed by atoms with Gasteiger partial charge in [0.15, 0.2) is 0 Å². The highest BCUT2D eigenvalue weighted by Gasteiger charge is 2.33. The number of nitrogens with zero attached hydrogens (tertiary/aromatic N) is 1. The van der Waals surface area contributed by atoms with Gasteiger partial charge < -0.3 is 10.6 Å². The smallest absolute Gasteiger partial charge is 0.389 e. The van der Waals surface area contributed by atoms with Crippen molar-refractivity contribution in [3.8, 4) is 6.07 Å². The third kappa shape index (κ3) is 5.86. The van der Waals surface area contributed by atoms with E-state index in [1.807, 2.05) is 24.3 Å². The number of rotatable bonds is 6. The molecule has 2 aromatic carbocycles. The van der Waals surface area contributed by atoms with Crippen molar-refractivity contribution in [3.05, 3.63) is 75.9 Å². The van der Waals surface area contributed by atoms with Crippen LogP contribution in [0, 0.1) is 11.3 Å². The van der Waals surface area contributed by atoms with Gasteiger partial charge in [-0.15, -0.1) is 0 Å². The largest absolute Gasteiger partial charge is 0.418 e. The minimum atomic E-state index is -4.61. The van der Waals surface area contributed by atoms with Crippen LogP contribution < -0.4 is 10.6 Å². The summed E-state index contributed by atoms with van der Waals surface area (Å²) in [6.45, 7) is 0.445. The Labute approximate surface area is 162 Å². The molecule has 4 nitrogen and oxygen atoms in total. The van der Waals surface area contributed by atoms with Gasteiger partial charge in [0.25, 0.3) is 5.91 Å². The molecule has 2 N–H and O–H groups in total.